The lowest BCUT2D eigenvalue weighted by atomic mass is 10.1. The molecule has 1 aliphatic heterocycles. The SMILES string of the molecule is Cc1cccc(N2CCN(c3ccnc(NCCc4ccc(F)cc4)n3)CC2)c1. The van der Waals surface area contributed by atoms with Crippen molar-refractivity contribution in [3.05, 3.63) is 77.7 Å². The molecule has 3 aromatic rings. The van der Waals surface area contributed by atoms with E-state index in [4.69, 9.17) is 0 Å². The Labute approximate surface area is 171 Å². The number of hydrogen-bond donors (Lipinski definition) is 1. The summed E-state index contributed by atoms with van der Waals surface area (Å²) in [5, 5.41) is 3.28. The highest BCUT2D eigenvalue weighted by Crippen LogP contribution is 2.20. The third-order valence-corrected chi connectivity index (χ3v) is 5.22. The van der Waals surface area contributed by atoms with Crippen LogP contribution in [0.25, 0.3) is 0 Å². The van der Waals surface area contributed by atoms with Crippen molar-refractivity contribution in [3.8, 4) is 0 Å². The van der Waals surface area contributed by atoms with Crippen LogP contribution < -0.4 is 15.1 Å². The topological polar surface area (TPSA) is 44.3 Å². The molecule has 1 aromatic heterocycles. The summed E-state index contributed by atoms with van der Waals surface area (Å²) in [6, 6.07) is 17.2. The first-order valence-corrected chi connectivity index (χ1v) is 10.1. The highest BCUT2D eigenvalue weighted by Gasteiger charge is 2.18. The molecule has 1 N–H and O–H groups in total. The lowest BCUT2D eigenvalue weighted by Gasteiger charge is -2.36. The Morgan fingerprint density at radius 3 is 2.48 bits per heavy atom. The van der Waals surface area contributed by atoms with E-state index in [9.17, 15) is 4.39 Å². The van der Waals surface area contributed by atoms with Gasteiger partial charge in [-0.05, 0) is 54.8 Å². The van der Waals surface area contributed by atoms with Gasteiger partial charge >= 0.3 is 0 Å². The minimum Gasteiger partial charge on any atom is -0.368 e. The molecule has 0 atom stereocenters. The zero-order chi connectivity index (χ0) is 20.1. The summed E-state index contributed by atoms with van der Waals surface area (Å²) in [7, 11) is 0. The van der Waals surface area contributed by atoms with Crippen LogP contribution in [0.4, 0.5) is 21.8 Å². The third kappa shape index (κ3) is 5.02. The maximum Gasteiger partial charge on any atom is 0.224 e. The van der Waals surface area contributed by atoms with Gasteiger partial charge in [0.05, 0.1) is 0 Å². The molecule has 1 aliphatic rings. The lowest BCUT2D eigenvalue weighted by Crippen LogP contribution is -2.46. The smallest absolute Gasteiger partial charge is 0.224 e. The first-order chi connectivity index (χ1) is 14.2. The molecule has 0 unspecified atom stereocenters. The van der Waals surface area contributed by atoms with Crippen molar-refractivity contribution in [2.24, 2.45) is 0 Å². The fourth-order valence-corrected chi connectivity index (χ4v) is 3.60. The first-order valence-electron chi connectivity index (χ1n) is 10.1. The van der Waals surface area contributed by atoms with Gasteiger partial charge < -0.3 is 15.1 Å². The van der Waals surface area contributed by atoms with Crippen LogP contribution in [0.1, 0.15) is 11.1 Å². The summed E-state index contributed by atoms with van der Waals surface area (Å²) in [4.78, 5) is 13.7. The van der Waals surface area contributed by atoms with E-state index in [1.54, 1.807) is 6.20 Å². The summed E-state index contributed by atoms with van der Waals surface area (Å²) < 4.78 is 13.0. The Kier molecular flexibility index (Phi) is 5.89. The first kappa shape index (κ1) is 19.2. The average Bonchev–Trinajstić information content (AvgIpc) is 2.76. The van der Waals surface area contributed by atoms with Gasteiger partial charge in [0.1, 0.15) is 11.6 Å². The molecule has 4 rings (SSSR count). The van der Waals surface area contributed by atoms with Crippen molar-refractivity contribution in [1.82, 2.24) is 9.97 Å². The minimum absolute atomic E-state index is 0.208. The Hall–Kier alpha value is -3.15. The van der Waals surface area contributed by atoms with Crippen molar-refractivity contribution < 1.29 is 4.39 Å². The second kappa shape index (κ2) is 8.90. The van der Waals surface area contributed by atoms with E-state index >= 15 is 0 Å². The van der Waals surface area contributed by atoms with E-state index in [0.717, 1.165) is 44.0 Å². The van der Waals surface area contributed by atoms with Gasteiger partial charge in [-0.2, -0.15) is 4.98 Å². The van der Waals surface area contributed by atoms with E-state index in [0.29, 0.717) is 12.5 Å². The largest absolute Gasteiger partial charge is 0.368 e. The summed E-state index contributed by atoms with van der Waals surface area (Å²) in [6.45, 7) is 6.64. The van der Waals surface area contributed by atoms with Gasteiger partial charge in [-0.1, -0.05) is 24.3 Å². The van der Waals surface area contributed by atoms with Crippen LogP contribution in [0.2, 0.25) is 0 Å². The van der Waals surface area contributed by atoms with Crippen LogP contribution in [0.5, 0.6) is 0 Å². The van der Waals surface area contributed by atoms with Crippen LogP contribution in [-0.2, 0) is 6.42 Å². The number of piperazine rings is 1. The van der Waals surface area contributed by atoms with Crippen molar-refractivity contribution in [2.75, 3.05) is 47.8 Å². The van der Waals surface area contributed by atoms with Gasteiger partial charge in [0.2, 0.25) is 5.95 Å². The number of nitrogens with zero attached hydrogens (tertiary/aromatic N) is 4. The van der Waals surface area contributed by atoms with E-state index < -0.39 is 0 Å². The summed E-state index contributed by atoms with van der Waals surface area (Å²) >= 11 is 0. The predicted molar refractivity (Wildman–Crippen MR) is 116 cm³/mol. The van der Waals surface area contributed by atoms with Gasteiger partial charge in [-0.25, -0.2) is 9.37 Å². The van der Waals surface area contributed by atoms with Crippen LogP contribution >= 0.6 is 0 Å². The average molecular weight is 391 g/mol. The van der Waals surface area contributed by atoms with E-state index in [-0.39, 0.29) is 5.82 Å². The quantitative estimate of drug-likeness (QED) is 0.690. The molecular weight excluding hydrogens is 365 g/mol. The Bertz CT molecular complexity index is 936. The molecule has 0 saturated carbocycles. The van der Waals surface area contributed by atoms with Gasteiger partial charge in [-0.3, -0.25) is 0 Å². The molecule has 2 aromatic carbocycles. The van der Waals surface area contributed by atoms with Crippen molar-refractivity contribution >= 4 is 17.5 Å². The number of aromatic nitrogens is 2. The van der Waals surface area contributed by atoms with Crippen LogP contribution in [0.3, 0.4) is 0 Å². The van der Waals surface area contributed by atoms with E-state index in [1.807, 2.05) is 18.2 Å². The summed E-state index contributed by atoms with van der Waals surface area (Å²) in [6.07, 6.45) is 2.60. The number of aryl methyl sites for hydroxylation is 1. The molecule has 5 nitrogen and oxygen atoms in total. The van der Waals surface area contributed by atoms with Gasteiger partial charge in [0.25, 0.3) is 0 Å². The van der Waals surface area contributed by atoms with Crippen LogP contribution in [0, 0.1) is 12.7 Å². The molecule has 29 heavy (non-hydrogen) atoms. The zero-order valence-corrected chi connectivity index (χ0v) is 16.7. The second-order valence-corrected chi connectivity index (χ2v) is 7.35. The molecule has 0 bridgehead atoms. The molecule has 150 valence electrons. The standard InChI is InChI=1S/C23H26FN5/c1-18-3-2-4-21(17-18)28-13-15-29(16-14-28)22-10-12-26-23(27-22)25-11-9-19-5-7-20(24)8-6-19/h2-8,10,12,17H,9,11,13-16H2,1H3,(H,25,26,27). The second-order valence-electron chi connectivity index (χ2n) is 7.35. The van der Waals surface area contributed by atoms with Crippen molar-refractivity contribution in [3.63, 3.8) is 0 Å². The monoisotopic (exact) mass is 391 g/mol. The molecule has 1 fully saturated rings. The number of anilines is 3. The zero-order valence-electron chi connectivity index (χ0n) is 16.7. The molecule has 0 amide bonds. The fourth-order valence-electron chi connectivity index (χ4n) is 3.60. The number of hydrogen-bond acceptors (Lipinski definition) is 5. The molecule has 1 saturated heterocycles. The normalized spacial score (nSPS) is 14.1. The molecule has 0 radical (unpaired) electrons. The predicted octanol–water partition coefficient (Wildman–Crippen LogP) is 3.91. The van der Waals surface area contributed by atoms with E-state index in [1.165, 1.54) is 23.4 Å². The third-order valence-electron chi connectivity index (χ3n) is 5.22. The highest BCUT2D eigenvalue weighted by molar-refractivity contribution is 5.51. The van der Waals surface area contributed by atoms with Gasteiger partial charge in [0.15, 0.2) is 0 Å². The summed E-state index contributed by atoms with van der Waals surface area (Å²) in [5.41, 5.74) is 3.66. The summed E-state index contributed by atoms with van der Waals surface area (Å²) in [5.74, 6) is 1.37. The Morgan fingerprint density at radius 1 is 0.966 bits per heavy atom. The Morgan fingerprint density at radius 2 is 1.72 bits per heavy atom. The fraction of sp³-hybridized carbons (Fsp3) is 0.304. The highest BCUT2D eigenvalue weighted by atomic mass is 19.1. The lowest BCUT2D eigenvalue weighted by molar-refractivity contribution is 0.627. The molecule has 6 heteroatoms. The Balaban J connectivity index is 1.31. The van der Waals surface area contributed by atoms with Crippen LogP contribution in [0.15, 0.2) is 60.8 Å². The molecule has 0 spiro atoms. The van der Waals surface area contributed by atoms with E-state index in [2.05, 4.69) is 56.3 Å². The van der Waals surface area contributed by atoms with Gasteiger partial charge in [-0.15, -0.1) is 0 Å². The number of benzene rings is 2. The van der Waals surface area contributed by atoms with Crippen molar-refractivity contribution in [1.29, 1.82) is 0 Å². The number of halogens is 1. The maximum absolute atomic E-state index is 13.0. The molecule has 2 heterocycles. The molecular formula is C23H26FN5. The number of nitrogens with one attached hydrogen (secondary N) is 1. The minimum atomic E-state index is -0.208. The molecule has 0 aliphatic carbocycles. The van der Waals surface area contributed by atoms with Crippen LogP contribution in [-0.4, -0.2) is 42.7 Å². The van der Waals surface area contributed by atoms with Crippen molar-refractivity contribution in [2.45, 2.75) is 13.3 Å². The van der Waals surface area contributed by atoms with Gasteiger partial charge in [0, 0.05) is 44.6 Å². The maximum atomic E-state index is 13.0. The number of rotatable bonds is 6.